The molecule has 0 spiro atoms. The van der Waals surface area contributed by atoms with Gasteiger partial charge in [-0.2, -0.15) is 0 Å². The van der Waals surface area contributed by atoms with Gasteiger partial charge < -0.3 is 9.88 Å². The normalized spacial score (nSPS) is 17.3. The molecule has 1 saturated heterocycles. The number of nitrogens with zero attached hydrogens (tertiary/aromatic N) is 2. The van der Waals surface area contributed by atoms with E-state index in [1.54, 1.807) is 0 Å². The third kappa shape index (κ3) is 1.69. The van der Waals surface area contributed by atoms with Crippen molar-refractivity contribution in [1.29, 1.82) is 0 Å². The average molecular weight is 179 g/mol. The lowest BCUT2D eigenvalue weighted by molar-refractivity contribution is 0.825. The SMILES string of the molecule is CC(C)c1cnc(N2CCCC2)[nH]1. The van der Waals surface area contributed by atoms with Crippen LogP contribution in [-0.2, 0) is 0 Å². The highest BCUT2D eigenvalue weighted by molar-refractivity contribution is 5.33. The third-order valence-corrected chi connectivity index (χ3v) is 2.61. The fourth-order valence-electron chi connectivity index (χ4n) is 1.71. The Labute approximate surface area is 79.2 Å². The average Bonchev–Trinajstić information content (AvgIpc) is 2.75. The topological polar surface area (TPSA) is 31.9 Å². The standard InChI is InChI=1S/C10H17N3/c1-8(2)9-7-11-10(12-9)13-5-3-4-6-13/h7-8H,3-6H2,1-2H3,(H,11,12). The van der Waals surface area contributed by atoms with Crippen molar-refractivity contribution in [2.45, 2.75) is 32.6 Å². The van der Waals surface area contributed by atoms with E-state index in [1.807, 2.05) is 6.20 Å². The molecule has 0 atom stereocenters. The van der Waals surface area contributed by atoms with Crippen LogP contribution in [0.15, 0.2) is 6.20 Å². The first kappa shape index (κ1) is 8.60. The summed E-state index contributed by atoms with van der Waals surface area (Å²) in [6, 6.07) is 0. The van der Waals surface area contributed by atoms with Gasteiger partial charge in [-0.1, -0.05) is 13.8 Å². The molecule has 13 heavy (non-hydrogen) atoms. The molecule has 1 N–H and O–H groups in total. The Bertz CT molecular complexity index is 271. The Hall–Kier alpha value is -0.990. The van der Waals surface area contributed by atoms with Crippen molar-refractivity contribution in [1.82, 2.24) is 9.97 Å². The highest BCUT2D eigenvalue weighted by Gasteiger charge is 2.15. The molecule has 2 heterocycles. The third-order valence-electron chi connectivity index (χ3n) is 2.61. The fourth-order valence-corrected chi connectivity index (χ4v) is 1.71. The van der Waals surface area contributed by atoms with Gasteiger partial charge in [0.2, 0.25) is 5.95 Å². The molecule has 0 amide bonds. The number of aromatic amines is 1. The Kier molecular flexibility index (Phi) is 2.25. The van der Waals surface area contributed by atoms with Gasteiger partial charge in [-0.05, 0) is 18.8 Å². The van der Waals surface area contributed by atoms with Crippen LogP contribution < -0.4 is 4.90 Å². The van der Waals surface area contributed by atoms with E-state index in [-0.39, 0.29) is 0 Å². The van der Waals surface area contributed by atoms with Crippen molar-refractivity contribution < 1.29 is 0 Å². The van der Waals surface area contributed by atoms with Crippen molar-refractivity contribution in [3.8, 4) is 0 Å². The quantitative estimate of drug-likeness (QED) is 0.754. The molecule has 2 rings (SSSR count). The first-order valence-corrected chi connectivity index (χ1v) is 5.07. The second-order valence-corrected chi connectivity index (χ2v) is 4.01. The van der Waals surface area contributed by atoms with Crippen molar-refractivity contribution in [2.75, 3.05) is 18.0 Å². The van der Waals surface area contributed by atoms with E-state index >= 15 is 0 Å². The fraction of sp³-hybridized carbons (Fsp3) is 0.700. The van der Waals surface area contributed by atoms with E-state index in [0.29, 0.717) is 5.92 Å². The Morgan fingerprint density at radius 1 is 1.38 bits per heavy atom. The molecule has 3 heteroatoms. The zero-order valence-corrected chi connectivity index (χ0v) is 8.38. The van der Waals surface area contributed by atoms with E-state index in [9.17, 15) is 0 Å². The molecule has 1 aromatic rings. The van der Waals surface area contributed by atoms with Crippen LogP contribution in [0.3, 0.4) is 0 Å². The lowest BCUT2D eigenvalue weighted by Crippen LogP contribution is -2.18. The molecule has 0 aromatic carbocycles. The number of imidazole rings is 1. The van der Waals surface area contributed by atoms with Gasteiger partial charge in [0.1, 0.15) is 0 Å². The molecule has 0 bridgehead atoms. The predicted octanol–water partition coefficient (Wildman–Crippen LogP) is 2.13. The maximum absolute atomic E-state index is 4.39. The maximum atomic E-state index is 4.39. The summed E-state index contributed by atoms with van der Waals surface area (Å²) in [5.74, 6) is 1.60. The highest BCUT2D eigenvalue weighted by atomic mass is 15.3. The lowest BCUT2D eigenvalue weighted by Gasteiger charge is -2.12. The summed E-state index contributed by atoms with van der Waals surface area (Å²) in [7, 11) is 0. The zero-order valence-electron chi connectivity index (χ0n) is 8.38. The van der Waals surface area contributed by atoms with Crippen molar-refractivity contribution in [3.63, 3.8) is 0 Å². The Morgan fingerprint density at radius 2 is 2.08 bits per heavy atom. The van der Waals surface area contributed by atoms with Crippen molar-refractivity contribution >= 4 is 5.95 Å². The molecule has 1 aliphatic rings. The molecule has 1 aromatic heterocycles. The largest absolute Gasteiger partial charge is 0.342 e. The van der Waals surface area contributed by atoms with Gasteiger partial charge in [0.15, 0.2) is 0 Å². The second-order valence-electron chi connectivity index (χ2n) is 4.01. The molecule has 0 radical (unpaired) electrons. The highest BCUT2D eigenvalue weighted by Crippen LogP contribution is 2.19. The molecule has 0 unspecified atom stereocenters. The molecular weight excluding hydrogens is 162 g/mol. The number of hydrogen-bond donors (Lipinski definition) is 1. The van der Waals surface area contributed by atoms with Gasteiger partial charge in [-0.15, -0.1) is 0 Å². The summed E-state index contributed by atoms with van der Waals surface area (Å²) in [6.07, 6.45) is 4.56. The smallest absolute Gasteiger partial charge is 0.202 e. The Morgan fingerprint density at radius 3 is 2.62 bits per heavy atom. The van der Waals surface area contributed by atoms with Gasteiger partial charge in [-0.3, -0.25) is 0 Å². The molecular formula is C10H17N3. The number of anilines is 1. The van der Waals surface area contributed by atoms with E-state index in [1.165, 1.54) is 18.5 Å². The van der Waals surface area contributed by atoms with Crippen LogP contribution in [0.25, 0.3) is 0 Å². The molecule has 1 fully saturated rings. The summed E-state index contributed by atoms with van der Waals surface area (Å²) in [5, 5.41) is 0. The first-order chi connectivity index (χ1) is 6.27. The van der Waals surface area contributed by atoms with E-state index in [0.717, 1.165) is 19.0 Å². The van der Waals surface area contributed by atoms with Crippen LogP contribution in [-0.4, -0.2) is 23.1 Å². The zero-order chi connectivity index (χ0) is 9.26. The van der Waals surface area contributed by atoms with Gasteiger partial charge >= 0.3 is 0 Å². The lowest BCUT2D eigenvalue weighted by atomic mass is 10.2. The molecule has 3 nitrogen and oxygen atoms in total. The number of nitrogens with one attached hydrogen (secondary N) is 1. The summed E-state index contributed by atoms with van der Waals surface area (Å²) in [5.41, 5.74) is 1.24. The van der Waals surface area contributed by atoms with Crippen LogP contribution >= 0.6 is 0 Å². The minimum absolute atomic E-state index is 0.545. The summed E-state index contributed by atoms with van der Waals surface area (Å²) in [4.78, 5) is 10.1. The first-order valence-electron chi connectivity index (χ1n) is 5.07. The van der Waals surface area contributed by atoms with Gasteiger partial charge in [0, 0.05) is 18.8 Å². The van der Waals surface area contributed by atoms with Crippen LogP contribution in [0.2, 0.25) is 0 Å². The van der Waals surface area contributed by atoms with E-state index in [4.69, 9.17) is 0 Å². The van der Waals surface area contributed by atoms with Crippen molar-refractivity contribution in [3.05, 3.63) is 11.9 Å². The molecule has 0 aliphatic carbocycles. The summed E-state index contributed by atoms with van der Waals surface area (Å²) in [6.45, 7) is 6.68. The van der Waals surface area contributed by atoms with Crippen LogP contribution in [0.1, 0.15) is 38.3 Å². The number of rotatable bonds is 2. The minimum Gasteiger partial charge on any atom is -0.342 e. The minimum atomic E-state index is 0.545. The number of aromatic nitrogens is 2. The Balaban J connectivity index is 2.12. The van der Waals surface area contributed by atoms with Gasteiger partial charge in [0.05, 0.1) is 6.20 Å². The van der Waals surface area contributed by atoms with Crippen LogP contribution in [0, 0.1) is 0 Å². The monoisotopic (exact) mass is 179 g/mol. The van der Waals surface area contributed by atoms with Crippen LogP contribution in [0.4, 0.5) is 5.95 Å². The van der Waals surface area contributed by atoms with Gasteiger partial charge in [-0.25, -0.2) is 4.98 Å². The maximum Gasteiger partial charge on any atom is 0.202 e. The number of H-pyrrole nitrogens is 1. The molecule has 1 aliphatic heterocycles. The summed E-state index contributed by atoms with van der Waals surface area (Å²) < 4.78 is 0. The van der Waals surface area contributed by atoms with Crippen LogP contribution in [0.5, 0.6) is 0 Å². The van der Waals surface area contributed by atoms with E-state index < -0.39 is 0 Å². The van der Waals surface area contributed by atoms with Gasteiger partial charge in [0.25, 0.3) is 0 Å². The predicted molar refractivity (Wildman–Crippen MR) is 54.1 cm³/mol. The van der Waals surface area contributed by atoms with Crippen molar-refractivity contribution in [2.24, 2.45) is 0 Å². The number of hydrogen-bond acceptors (Lipinski definition) is 2. The van der Waals surface area contributed by atoms with E-state index in [2.05, 4.69) is 28.7 Å². The second kappa shape index (κ2) is 3.40. The molecule has 72 valence electrons. The molecule has 0 saturated carbocycles. The summed E-state index contributed by atoms with van der Waals surface area (Å²) >= 11 is 0.